The van der Waals surface area contributed by atoms with Crippen molar-refractivity contribution in [3.05, 3.63) is 35.4 Å². The van der Waals surface area contributed by atoms with Crippen LogP contribution in [-0.4, -0.2) is 24.9 Å². The molecule has 0 radical (unpaired) electrons. The Labute approximate surface area is 96.2 Å². The molecule has 1 unspecified atom stereocenters. The van der Waals surface area contributed by atoms with Crippen LogP contribution in [0.15, 0.2) is 24.3 Å². The molecule has 3 nitrogen and oxygen atoms in total. The Morgan fingerprint density at radius 1 is 1.38 bits per heavy atom. The summed E-state index contributed by atoms with van der Waals surface area (Å²) in [7, 11) is 0. The van der Waals surface area contributed by atoms with E-state index in [4.69, 9.17) is 15.6 Å². The van der Waals surface area contributed by atoms with Crippen LogP contribution in [0.4, 0.5) is 0 Å². The van der Waals surface area contributed by atoms with E-state index in [9.17, 15) is 0 Å². The van der Waals surface area contributed by atoms with Gasteiger partial charge in [0.25, 0.3) is 0 Å². The van der Waals surface area contributed by atoms with Crippen LogP contribution < -0.4 is 5.73 Å². The fourth-order valence-electron chi connectivity index (χ4n) is 2.54. The van der Waals surface area contributed by atoms with Gasteiger partial charge in [-0.1, -0.05) is 24.3 Å². The number of aliphatic hydroxyl groups is 1. The van der Waals surface area contributed by atoms with E-state index in [1.807, 2.05) is 6.07 Å². The first kappa shape index (κ1) is 11.6. The van der Waals surface area contributed by atoms with Crippen LogP contribution in [0, 0.1) is 0 Å². The summed E-state index contributed by atoms with van der Waals surface area (Å²) in [5, 5.41) is 8.89. The van der Waals surface area contributed by atoms with Gasteiger partial charge in [0.1, 0.15) is 5.60 Å². The van der Waals surface area contributed by atoms with Gasteiger partial charge in [-0.3, -0.25) is 0 Å². The number of aliphatic hydroxyl groups excluding tert-OH is 1. The quantitative estimate of drug-likeness (QED) is 0.803. The molecule has 1 aromatic carbocycles. The topological polar surface area (TPSA) is 55.5 Å². The van der Waals surface area contributed by atoms with Gasteiger partial charge in [-0.15, -0.1) is 0 Å². The third-order valence-electron chi connectivity index (χ3n) is 3.33. The number of ether oxygens (including phenoxy) is 1. The summed E-state index contributed by atoms with van der Waals surface area (Å²) in [4.78, 5) is 0. The molecule has 1 atom stereocenters. The summed E-state index contributed by atoms with van der Waals surface area (Å²) in [5.74, 6) is 0. The molecule has 1 aliphatic rings. The van der Waals surface area contributed by atoms with Crippen molar-refractivity contribution in [1.29, 1.82) is 0 Å². The number of nitrogens with two attached hydrogens (primary N) is 1. The number of hydrogen-bond donors (Lipinski definition) is 2. The van der Waals surface area contributed by atoms with Crippen molar-refractivity contribution in [3.8, 4) is 0 Å². The molecule has 0 saturated carbocycles. The predicted octanol–water partition coefficient (Wildman–Crippen LogP) is 1.19. The van der Waals surface area contributed by atoms with Gasteiger partial charge in [-0.05, 0) is 30.4 Å². The third-order valence-corrected chi connectivity index (χ3v) is 3.33. The van der Waals surface area contributed by atoms with E-state index >= 15 is 0 Å². The van der Waals surface area contributed by atoms with Crippen LogP contribution in [-0.2, 0) is 16.8 Å². The first-order valence-electron chi connectivity index (χ1n) is 5.86. The Kier molecular flexibility index (Phi) is 3.59. The van der Waals surface area contributed by atoms with E-state index in [1.165, 1.54) is 11.1 Å². The first-order valence-corrected chi connectivity index (χ1v) is 5.86. The molecule has 0 heterocycles. The highest BCUT2D eigenvalue weighted by molar-refractivity contribution is 5.35. The fraction of sp³-hybridized carbons (Fsp3) is 0.538. The molecule has 2 rings (SSSR count). The van der Waals surface area contributed by atoms with Crippen LogP contribution >= 0.6 is 0 Å². The van der Waals surface area contributed by atoms with Crippen LogP contribution in [0.25, 0.3) is 0 Å². The van der Waals surface area contributed by atoms with Gasteiger partial charge in [0.05, 0.1) is 13.2 Å². The van der Waals surface area contributed by atoms with E-state index in [1.54, 1.807) is 0 Å². The lowest BCUT2D eigenvalue weighted by Gasteiger charge is -2.38. The molecule has 3 N–H and O–H groups in total. The van der Waals surface area contributed by atoms with E-state index in [2.05, 4.69) is 18.2 Å². The molecule has 0 bridgehead atoms. The van der Waals surface area contributed by atoms with Gasteiger partial charge in [-0.2, -0.15) is 0 Å². The zero-order valence-corrected chi connectivity index (χ0v) is 9.48. The normalized spacial score (nSPS) is 24.1. The average molecular weight is 221 g/mol. The fourth-order valence-corrected chi connectivity index (χ4v) is 2.54. The smallest absolute Gasteiger partial charge is 0.106 e. The highest BCUT2D eigenvalue weighted by Gasteiger charge is 2.35. The molecule has 1 aromatic rings. The Morgan fingerprint density at radius 2 is 2.19 bits per heavy atom. The minimum Gasteiger partial charge on any atom is -0.394 e. The van der Waals surface area contributed by atoms with Crippen molar-refractivity contribution >= 4 is 0 Å². The van der Waals surface area contributed by atoms with Gasteiger partial charge in [-0.25, -0.2) is 0 Å². The summed E-state index contributed by atoms with van der Waals surface area (Å²) < 4.78 is 5.82. The molecule has 0 saturated heterocycles. The average Bonchev–Trinajstić information content (AvgIpc) is 2.36. The lowest BCUT2D eigenvalue weighted by molar-refractivity contribution is -0.0676. The zero-order valence-electron chi connectivity index (χ0n) is 9.48. The van der Waals surface area contributed by atoms with Crippen LogP contribution in [0.5, 0.6) is 0 Å². The monoisotopic (exact) mass is 221 g/mol. The van der Waals surface area contributed by atoms with Crippen LogP contribution in [0.2, 0.25) is 0 Å². The van der Waals surface area contributed by atoms with Crippen molar-refractivity contribution in [2.45, 2.75) is 24.9 Å². The Morgan fingerprint density at radius 3 is 2.94 bits per heavy atom. The molecule has 0 aliphatic heterocycles. The van der Waals surface area contributed by atoms with Crippen molar-refractivity contribution in [1.82, 2.24) is 0 Å². The standard InChI is InChI=1S/C13H19NO2/c14-10-13(16-9-8-15)7-3-5-11-4-1-2-6-12(11)13/h1-2,4,6,15H,3,5,7-10,14H2. The Hall–Kier alpha value is -0.900. The van der Waals surface area contributed by atoms with Crippen molar-refractivity contribution in [2.75, 3.05) is 19.8 Å². The molecule has 0 aromatic heterocycles. The van der Waals surface area contributed by atoms with E-state index < -0.39 is 0 Å². The van der Waals surface area contributed by atoms with E-state index in [0.29, 0.717) is 13.2 Å². The van der Waals surface area contributed by atoms with Crippen molar-refractivity contribution < 1.29 is 9.84 Å². The maximum atomic E-state index is 8.89. The molecule has 0 amide bonds. The summed E-state index contributed by atoms with van der Waals surface area (Å²) in [6.07, 6.45) is 3.14. The van der Waals surface area contributed by atoms with E-state index in [-0.39, 0.29) is 12.2 Å². The second-order valence-corrected chi connectivity index (χ2v) is 4.28. The van der Waals surface area contributed by atoms with Crippen molar-refractivity contribution in [3.63, 3.8) is 0 Å². The molecular weight excluding hydrogens is 202 g/mol. The Bertz CT molecular complexity index is 354. The summed E-state index contributed by atoms with van der Waals surface area (Å²) >= 11 is 0. The summed E-state index contributed by atoms with van der Waals surface area (Å²) in [6.45, 7) is 0.874. The van der Waals surface area contributed by atoms with E-state index in [0.717, 1.165) is 19.3 Å². The van der Waals surface area contributed by atoms with Gasteiger partial charge in [0.15, 0.2) is 0 Å². The first-order chi connectivity index (χ1) is 7.82. The molecule has 0 fully saturated rings. The van der Waals surface area contributed by atoms with Gasteiger partial charge < -0.3 is 15.6 Å². The molecule has 3 heteroatoms. The molecular formula is C13H19NO2. The lowest BCUT2D eigenvalue weighted by Crippen LogP contribution is -2.41. The minimum absolute atomic E-state index is 0.0456. The van der Waals surface area contributed by atoms with Gasteiger partial charge in [0.2, 0.25) is 0 Å². The highest BCUT2D eigenvalue weighted by Crippen LogP contribution is 2.37. The number of benzene rings is 1. The number of aryl methyl sites for hydroxylation is 1. The molecule has 0 spiro atoms. The van der Waals surface area contributed by atoms with Crippen molar-refractivity contribution in [2.24, 2.45) is 5.73 Å². The second kappa shape index (κ2) is 4.95. The van der Waals surface area contributed by atoms with Gasteiger partial charge in [0, 0.05) is 6.54 Å². The summed E-state index contributed by atoms with van der Waals surface area (Å²) in [5.41, 5.74) is 8.05. The zero-order chi connectivity index (χ0) is 11.4. The largest absolute Gasteiger partial charge is 0.394 e. The Balaban J connectivity index is 2.33. The number of rotatable bonds is 4. The minimum atomic E-state index is -0.377. The highest BCUT2D eigenvalue weighted by atomic mass is 16.5. The SMILES string of the molecule is NCC1(OCCO)CCCc2ccccc21. The van der Waals surface area contributed by atoms with Crippen LogP contribution in [0.1, 0.15) is 24.0 Å². The lowest BCUT2D eigenvalue weighted by atomic mass is 9.79. The van der Waals surface area contributed by atoms with Crippen LogP contribution in [0.3, 0.4) is 0 Å². The number of fused-ring (bicyclic) bond motifs is 1. The van der Waals surface area contributed by atoms with Gasteiger partial charge >= 0.3 is 0 Å². The maximum Gasteiger partial charge on any atom is 0.106 e. The summed E-state index contributed by atoms with van der Waals surface area (Å²) in [6, 6.07) is 8.31. The second-order valence-electron chi connectivity index (χ2n) is 4.28. The molecule has 16 heavy (non-hydrogen) atoms. The predicted molar refractivity (Wildman–Crippen MR) is 63.2 cm³/mol. The molecule has 88 valence electrons. The molecule has 1 aliphatic carbocycles. The number of hydrogen-bond acceptors (Lipinski definition) is 3. The maximum absolute atomic E-state index is 8.89. The third kappa shape index (κ3) is 1.98.